The summed E-state index contributed by atoms with van der Waals surface area (Å²) in [5.41, 5.74) is 1.90. The van der Waals surface area contributed by atoms with Crippen molar-refractivity contribution in [3.8, 4) is 12.3 Å². The van der Waals surface area contributed by atoms with E-state index in [-0.39, 0.29) is 5.82 Å². The Kier molecular flexibility index (Phi) is 3.90. The van der Waals surface area contributed by atoms with Crippen LogP contribution in [0.15, 0.2) is 17.1 Å². The molecule has 4 atom stereocenters. The second-order valence-corrected chi connectivity index (χ2v) is 4.75. The number of rotatable bonds is 2. The molecule has 0 saturated carbocycles. The van der Waals surface area contributed by atoms with Gasteiger partial charge in [0.25, 0.3) is 0 Å². The Balaban J connectivity index is 2.58. The first-order chi connectivity index (χ1) is 10.2. The molecule has 0 radical (unpaired) electrons. The lowest BCUT2D eigenvalue weighted by molar-refractivity contribution is -0.211. The van der Waals surface area contributed by atoms with Crippen LogP contribution >= 0.6 is 0 Å². The molecule has 1 aromatic rings. The summed E-state index contributed by atoms with van der Waals surface area (Å²) >= 11 is 0. The number of nitrogens with zero attached hydrogens (tertiary/aromatic N) is 2. The highest BCUT2D eigenvalue weighted by Crippen LogP contribution is 2.48. The number of nitrogen functional groups attached to an aromatic ring is 1. The summed E-state index contributed by atoms with van der Waals surface area (Å²) in [5, 5.41) is 19.1. The molecule has 1 aliphatic rings. The van der Waals surface area contributed by atoms with Gasteiger partial charge in [0.05, 0.1) is 6.61 Å². The first-order valence-corrected chi connectivity index (χ1v) is 6.02. The second kappa shape index (κ2) is 5.28. The summed E-state index contributed by atoms with van der Waals surface area (Å²) in [6, 6.07) is 1.10. The molecule has 22 heavy (non-hydrogen) atoms. The Bertz CT molecular complexity index is 669. The summed E-state index contributed by atoms with van der Waals surface area (Å²) in [6.45, 7) is -1.05. The standard InChI is InChI=1S/C12H12F3N3O4/c1-2-11(5-19)8(20)7(12(13,14)15)9(22-11)18-4-3-6(16)17-10(18)21/h1,3-4,7-9,19-20H,5H2,(H2,16,17,21)/t7-,8-,9+,11+/m0/s1. The summed E-state index contributed by atoms with van der Waals surface area (Å²) in [7, 11) is 0. The smallest absolute Gasteiger partial charge is 0.392 e. The molecule has 0 bridgehead atoms. The first-order valence-electron chi connectivity index (χ1n) is 6.02. The molecule has 0 aromatic carbocycles. The van der Waals surface area contributed by atoms with Gasteiger partial charge in [0.1, 0.15) is 17.8 Å². The van der Waals surface area contributed by atoms with Crippen LogP contribution in [0.5, 0.6) is 0 Å². The average molecular weight is 319 g/mol. The van der Waals surface area contributed by atoms with Crippen molar-refractivity contribution in [2.24, 2.45) is 5.92 Å². The predicted molar refractivity (Wildman–Crippen MR) is 67.2 cm³/mol. The quantitative estimate of drug-likeness (QED) is 0.619. The third kappa shape index (κ3) is 2.43. The van der Waals surface area contributed by atoms with E-state index in [1.165, 1.54) is 0 Å². The molecule has 120 valence electrons. The number of nitrogens with two attached hydrogens (primary N) is 1. The first kappa shape index (κ1) is 16.3. The minimum absolute atomic E-state index is 0.186. The number of alkyl halides is 3. The van der Waals surface area contributed by atoms with Gasteiger partial charge in [-0.05, 0) is 6.07 Å². The van der Waals surface area contributed by atoms with Crippen molar-refractivity contribution in [2.45, 2.75) is 24.1 Å². The van der Waals surface area contributed by atoms with E-state index in [1.54, 1.807) is 0 Å². The molecule has 2 rings (SSSR count). The lowest BCUT2D eigenvalue weighted by Crippen LogP contribution is -2.46. The van der Waals surface area contributed by atoms with E-state index in [9.17, 15) is 28.2 Å². The monoisotopic (exact) mass is 319 g/mol. The fourth-order valence-electron chi connectivity index (χ4n) is 2.29. The van der Waals surface area contributed by atoms with Crippen LogP contribution < -0.4 is 11.4 Å². The topological polar surface area (TPSA) is 111 Å². The number of ether oxygens (including phenoxy) is 1. The van der Waals surface area contributed by atoms with E-state index in [1.807, 2.05) is 5.92 Å². The third-order valence-corrected chi connectivity index (χ3v) is 3.44. The zero-order valence-corrected chi connectivity index (χ0v) is 11.0. The van der Waals surface area contributed by atoms with Gasteiger partial charge in [0.15, 0.2) is 11.8 Å². The lowest BCUT2D eigenvalue weighted by Gasteiger charge is -2.25. The molecule has 1 saturated heterocycles. The highest BCUT2D eigenvalue weighted by Gasteiger charge is 2.64. The number of aromatic nitrogens is 2. The van der Waals surface area contributed by atoms with E-state index in [2.05, 4.69) is 4.98 Å². The maximum Gasteiger partial charge on any atom is 0.398 e. The molecule has 1 fully saturated rings. The SMILES string of the molecule is C#C[C@]1(CO)O[C@@H](n2ccc(N)nc2=O)[C@@H](C(F)(F)F)[C@@H]1O. The van der Waals surface area contributed by atoms with E-state index < -0.39 is 42.3 Å². The van der Waals surface area contributed by atoms with Gasteiger partial charge in [-0.15, -0.1) is 6.42 Å². The van der Waals surface area contributed by atoms with E-state index in [0.29, 0.717) is 4.57 Å². The molecule has 0 aliphatic carbocycles. The highest BCUT2D eigenvalue weighted by atomic mass is 19.4. The average Bonchev–Trinajstić information content (AvgIpc) is 2.72. The second-order valence-electron chi connectivity index (χ2n) is 4.75. The predicted octanol–water partition coefficient (Wildman–Crippen LogP) is -0.742. The van der Waals surface area contributed by atoms with Crippen LogP contribution in [0.4, 0.5) is 19.0 Å². The number of hydrogen-bond acceptors (Lipinski definition) is 6. The van der Waals surface area contributed by atoms with Gasteiger partial charge in [0, 0.05) is 6.20 Å². The van der Waals surface area contributed by atoms with Crippen LogP contribution in [-0.4, -0.2) is 44.3 Å². The maximum atomic E-state index is 13.2. The summed E-state index contributed by atoms with van der Waals surface area (Å²) in [4.78, 5) is 15.0. The minimum Gasteiger partial charge on any atom is -0.392 e. The number of hydrogen-bond donors (Lipinski definition) is 3. The van der Waals surface area contributed by atoms with Crippen molar-refractivity contribution < 1.29 is 28.1 Å². The van der Waals surface area contributed by atoms with E-state index >= 15 is 0 Å². The number of terminal acetylenes is 1. The summed E-state index contributed by atoms with van der Waals surface area (Å²) < 4.78 is 45.2. The lowest BCUT2D eigenvalue weighted by atomic mass is 9.90. The zero-order chi connectivity index (χ0) is 16.7. The molecule has 7 nitrogen and oxygen atoms in total. The molecule has 1 aliphatic heterocycles. The van der Waals surface area contributed by atoms with Crippen LogP contribution in [0.1, 0.15) is 6.23 Å². The fourth-order valence-corrected chi connectivity index (χ4v) is 2.29. The van der Waals surface area contributed by atoms with Crippen molar-refractivity contribution in [3.63, 3.8) is 0 Å². The molecule has 10 heteroatoms. The fraction of sp³-hybridized carbons (Fsp3) is 0.500. The van der Waals surface area contributed by atoms with Crippen molar-refractivity contribution in [3.05, 3.63) is 22.7 Å². The van der Waals surface area contributed by atoms with Gasteiger partial charge in [-0.1, -0.05) is 5.92 Å². The number of anilines is 1. The van der Waals surface area contributed by atoms with Crippen LogP contribution in [0.3, 0.4) is 0 Å². The van der Waals surface area contributed by atoms with Crippen molar-refractivity contribution in [2.75, 3.05) is 12.3 Å². The van der Waals surface area contributed by atoms with Gasteiger partial charge < -0.3 is 20.7 Å². The molecule has 0 spiro atoms. The van der Waals surface area contributed by atoms with Crippen molar-refractivity contribution in [1.82, 2.24) is 9.55 Å². The Morgan fingerprint density at radius 3 is 2.68 bits per heavy atom. The Labute approximate surface area is 122 Å². The summed E-state index contributed by atoms with van der Waals surface area (Å²) in [5.74, 6) is -0.875. The number of halogens is 3. The normalized spacial score (nSPS) is 31.9. The Morgan fingerprint density at radius 1 is 1.59 bits per heavy atom. The largest absolute Gasteiger partial charge is 0.398 e. The van der Waals surface area contributed by atoms with Gasteiger partial charge in [0.2, 0.25) is 0 Å². The van der Waals surface area contributed by atoms with Crippen molar-refractivity contribution >= 4 is 5.82 Å². The third-order valence-electron chi connectivity index (χ3n) is 3.44. The minimum atomic E-state index is -4.93. The van der Waals surface area contributed by atoms with Crippen LogP contribution in [0, 0.1) is 18.3 Å². The van der Waals surface area contributed by atoms with Gasteiger partial charge in [-0.2, -0.15) is 18.2 Å². The van der Waals surface area contributed by atoms with Crippen molar-refractivity contribution in [1.29, 1.82) is 0 Å². The molecule has 2 heterocycles. The number of aliphatic hydroxyl groups is 2. The number of aliphatic hydroxyl groups excluding tert-OH is 2. The highest BCUT2D eigenvalue weighted by molar-refractivity contribution is 5.24. The van der Waals surface area contributed by atoms with Gasteiger partial charge >= 0.3 is 11.9 Å². The molecule has 1 aromatic heterocycles. The van der Waals surface area contributed by atoms with Gasteiger partial charge in [-0.3, -0.25) is 4.57 Å². The van der Waals surface area contributed by atoms with Gasteiger partial charge in [-0.25, -0.2) is 4.79 Å². The maximum absolute atomic E-state index is 13.2. The molecule has 0 amide bonds. The Morgan fingerprint density at radius 2 is 2.23 bits per heavy atom. The molecule has 0 unspecified atom stereocenters. The van der Waals surface area contributed by atoms with E-state index in [0.717, 1.165) is 12.3 Å². The summed E-state index contributed by atoms with van der Waals surface area (Å²) in [6.07, 6.45) is -3.12. The zero-order valence-electron chi connectivity index (χ0n) is 11.0. The van der Waals surface area contributed by atoms with Crippen LogP contribution in [-0.2, 0) is 4.74 Å². The molecule has 4 N–H and O–H groups in total. The molecular formula is C12H12F3N3O4. The van der Waals surface area contributed by atoms with Crippen LogP contribution in [0.2, 0.25) is 0 Å². The van der Waals surface area contributed by atoms with E-state index in [4.69, 9.17) is 16.9 Å². The molecular weight excluding hydrogens is 307 g/mol. The van der Waals surface area contributed by atoms with Crippen LogP contribution in [0.25, 0.3) is 0 Å². The Hall–Kier alpha value is -2.09.